The first kappa shape index (κ1) is 9.45. The minimum atomic E-state index is 0.214. The van der Waals surface area contributed by atoms with E-state index in [4.69, 9.17) is 0 Å². The topological polar surface area (TPSA) is 17.1 Å². The Morgan fingerprint density at radius 1 is 1.21 bits per heavy atom. The van der Waals surface area contributed by atoms with Gasteiger partial charge in [-0.3, -0.25) is 4.79 Å². The van der Waals surface area contributed by atoms with Crippen LogP contribution in [0, 0.1) is 5.92 Å². The van der Waals surface area contributed by atoms with Crippen LogP contribution in [-0.4, -0.2) is 5.78 Å². The minimum absolute atomic E-state index is 0.214. The maximum atomic E-state index is 11.6. The summed E-state index contributed by atoms with van der Waals surface area (Å²) in [6.45, 7) is 2.07. The molecule has 2 rings (SSSR count). The summed E-state index contributed by atoms with van der Waals surface area (Å²) in [5, 5.41) is 0. The summed E-state index contributed by atoms with van der Waals surface area (Å²) in [6.07, 6.45) is 3.00. The number of rotatable bonds is 1. The second-order valence-electron chi connectivity index (χ2n) is 4.16. The zero-order valence-electron chi connectivity index (χ0n) is 8.57. The molecule has 0 aromatic heterocycles. The van der Waals surface area contributed by atoms with E-state index in [-0.39, 0.29) is 5.92 Å². The van der Waals surface area contributed by atoms with Crippen molar-refractivity contribution in [2.75, 3.05) is 0 Å². The molecule has 14 heavy (non-hydrogen) atoms. The van der Waals surface area contributed by atoms with Gasteiger partial charge in [-0.05, 0) is 24.3 Å². The molecule has 0 amide bonds. The monoisotopic (exact) mass is 188 g/mol. The third-order valence-electron chi connectivity index (χ3n) is 3.28. The van der Waals surface area contributed by atoms with E-state index in [2.05, 4.69) is 31.2 Å². The first-order chi connectivity index (χ1) is 6.79. The molecular formula is C13H16O. The minimum Gasteiger partial charge on any atom is -0.299 e. The third-order valence-corrected chi connectivity index (χ3v) is 3.28. The first-order valence-electron chi connectivity index (χ1n) is 5.36. The van der Waals surface area contributed by atoms with E-state index in [0.717, 1.165) is 19.3 Å². The van der Waals surface area contributed by atoms with Crippen LogP contribution in [0.4, 0.5) is 0 Å². The second-order valence-corrected chi connectivity index (χ2v) is 4.16. The van der Waals surface area contributed by atoms with Gasteiger partial charge in [-0.25, -0.2) is 0 Å². The fraction of sp³-hybridized carbons (Fsp3) is 0.462. The van der Waals surface area contributed by atoms with Crippen LogP contribution in [0.2, 0.25) is 0 Å². The Labute approximate surface area is 85.1 Å². The SMILES string of the molecule is C[C@H]1C(=O)CCC[C@@H]1c1ccccc1. The van der Waals surface area contributed by atoms with Gasteiger partial charge in [0.1, 0.15) is 5.78 Å². The van der Waals surface area contributed by atoms with Gasteiger partial charge in [0.25, 0.3) is 0 Å². The van der Waals surface area contributed by atoms with Crippen molar-refractivity contribution in [2.24, 2.45) is 5.92 Å². The van der Waals surface area contributed by atoms with E-state index in [9.17, 15) is 4.79 Å². The van der Waals surface area contributed by atoms with Gasteiger partial charge in [0.05, 0.1) is 0 Å². The van der Waals surface area contributed by atoms with Crippen LogP contribution in [0.15, 0.2) is 30.3 Å². The van der Waals surface area contributed by atoms with Crippen LogP contribution >= 0.6 is 0 Å². The standard InChI is InChI=1S/C13H16O/c1-10-12(8-5-9-13(10)14)11-6-3-2-4-7-11/h2-4,6-7,10,12H,5,8-9H2,1H3/t10-,12+/m1/s1. The molecule has 0 unspecified atom stereocenters. The number of benzene rings is 1. The van der Waals surface area contributed by atoms with Gasteiger partial charge in [0.15, 0.2) is 0 Å². The molecule has 0 saturated heterocycles. The lowest BCUT2D eigenvalue weighted by atomic mass is 9.76. The average Bonchev–Trinajstić information content (AvgIpc) is 2.23. The van der Waals surface area contributed by atoms with Crippen molar-refractivity contribution in [2.45, 2.75) is 32.1 Å². The molecule has 74 valence electrons. The molecule has 0 bridgehead atoms. The fourth-order valence-electron chi connectivity index (χ4n) is 2.35. The van der Waals surface area contributed by atoms with Gasteiger partial charge < -0.3 is 0 Å². The zero-order chi connectivity index (χ0) is 9.97. The van der Waals surface area contributed by atoms with Crippen molar-refractivity contribution >= 4 is 5.78 Å². The lowest BCUT2D eigenvalue weighted by Crippen LogP contribution is -2.24. The van der Waals surface area contributed by atoms with Gasteiger partial charge >= 0.3 is 0 Å². The van der Waals surface area contributed by atoms with Crippen LogP contribution in [-0.2, 0) is 4.79 Å². The molecule has 0 N–H and O–H groups in total. The van der Waals surface area contributed by atoms with E-state index in [1.807, 2.05) is 6.07 Å². The van der Waals surface area contributed by atoms with Gasteiger partial charge in [0.2, 0.25) is 0 Å². The summed E-state index contributed by atoms with van der Waals surface area (Å²) < 4.78 is 0. The van der Waals surface area contributed by atoms with Crippen molar-refractivity contribution in [3.05, 3.63) is 35.9 Å². The Morgan fingerprint density at radius 3 is 2.64 bits per heavy atom. The van der Waals surface area contributed by atoms with Crippen LogP contribution in [0.1, 0.15) is 37.7 Å². The molecule has 1 fully saturated rings. The summed E-state index contributed by atoms with van der Waals surface area (Å²) >= 11 is 0. The first-order valence-corrected chi connectivity index (χ1v) is 5.36. The average molecular weight is 188 g/mol. The molecule has 1 aromatic rings. The fourth-order valence-corrected chi connectivity index (χ4v) is 2.35. The van der Waals surface area contributed by atoms with Crippen molar-refractivity contribution in [3.63, 3.8) is 0 Å². The Hall–Kier alpha value is -1.11. The van der Waals surface area contributed by atoms with Gasteiger partial charge in [0, 0.05) is 12.3 Å². The number of Topliss-reactive ketones (excluding diaryl/α,β-unsaturated/α-hetero) is 1. The van der Waals surface area contributed by atoms with Gasteiger partial charge in [-0.15, -0.1) is 0 Å². The van der Waals surface area contributed by atoms with Gasteiger partial charge in [-0.2, -0.15) is 0 Å². The summed E-state index contributed by atoms with van der Waals surface area (Å²) in [6, 6.07) is 10.4. The summed E-state index contributed by atoms with van der Waals surface area (Å²) in [4.78, 5) is 11.6. The molecule has 1 aromatic carbocycles. The smallest absolute Gasteiger partial charge is 0.136 e. The van der Waals surface area contributed by atoms with Crippen molar-refractivity contribution < 1.29 is 4.79 Å². The highest BCUT2D eigenvalue weighted by Gasteiger charge is 2.28. The van der Waals surface area contributed by atoms with Crippen LogP contribution in [0.5, 0.6) is 0 Å². The van der Waals surface area contributed by atoms with E-state index in [0.29, 0.717) is 11.7 Å². The number of carbonyl (C=O) groups is 1. The number of carbonyl (C=O) groups excluding carboxylic acids is 1. The Bertz CT molecular complexity index is 315. The van der Waals surface area contributed by atoms with Crippen LogP contribution in [0.25, 0.3) is 0 Å². The molecular weight excluding hydrogens is 172 g/mol. The molecule has 1 heteroatoms. The van der Waals surface area contributed by atoms with Crippen LogP contribution < -0.4 is 0 Å². The highest BCUT2D eigenvalue weighted by atomic mass is 16.1. The largest absolute Gasteiger partial charge is 0.299 e. The van der Waals surface area contributed by atoms with E-state index >= 15 is 0 Å². The summed E-state index contributed by atoms with van der Waals surface area (Å²) in [5.74, 6) is 1.11. The zero-order valence-corrected chi connectivity index (χ0v) is 8.57. The van der Waals surface area contributed by atoms with Crippen molar-refractivity contribution in [3.8, 4) is 0 Å². The lowest BCUT2D eigenvalue weighted by molar-refractivity contribution is -0.124. The molecule has 0 spiro atoms. The van der Waals surface area contributed by atoms with E-state index in [1.165, 1.54) is 5.56 Å². The molecule has 0 radical (unpaired) electrons. The Kier molecular flexibility index (Phi) is 2.67. The molecule has 2 atom stereocenters. The summed E-state index contributed by atoms with van der Waals surface area (Å²) in [7, 11) is 0. The predicted molar refractivity (Wildman–Crippen MR) is 57.2 cm³/mol. The molecule has 1 aliphatic carbocycles. The molecule has 1 nitrogen and oxygen atoms in total. The number of ketones is 1. The summed E-state index contributed by atoms with van der Waals surface area (Å²) in [5.41, 5.74) is 1.33. The molecule has 1 saturated carbocycles. The highest BCUT2D eigenvalue weighted by Crippen LogP contribution is 2.35. The number of hydrogen-bond acceptors (Lipinski definition) is 1. The third kappa shape index (κ3) is 1.72. The predicted octanol–water partition coefficient (Wildman–Crippen LogP) is 3.16. The van der Waals surface area contributed by atoms with Crippen LogP contribution in [0.3, 0.4) is 0 Å². The van der Waals surface area contributed by atoms with Gasteiger partial charge in [-0.1, -0.05) is 37.3 Å². The Balaban J connectivity index is 2.22. The quantitative estimate of drug-likeness (QED) is 0.661. The molecule has 0 heterocycles. The highest BCUT2D eigenvalue weighted by molar-refractivity contribution is 5.82. The van der Waals surface area contributed by atoms with Crippen molar-refractivity contribution in [1.29, 1.82) is 0 Å². The normalized spacial score (nSPS) is 27.6. The maximum absolute atomic E-state index is 11.6. The lowest BCUT2D eigenvalue weighted by Gasteiger charge is -2.27. The molecule has 1 aliphatic rings. The maximum Gasteiger partial charge on any atom is 0.136 e. The number of hydrogen-bond donors (Lipinski definition) is 0. The van der Waals surface area contributed by atoms with E-state index in [1.54, 1.807) is 0 Å². The Morgan fingerprint density at radius 2 is 1.93 bits per heavy atom. The van der Waals surface area contributed by atoms with Crippen molar-refractivity contribution in [1.82, 2.24) is 0 Å². The molecule has 0 aliphatic heterocycles. The second kappa shape index (κ2) is 3.95. The van der Waals surface area contributed by atoms with E-state index < -0.39 is 0 Å².